The summed E-state index contributed by atoms with van der Waals surface area (Å²) in [5, 5.41) is 8.65. The van der Waals surface area contributed by atoms with Gasteiger partial charge in [0.2, 0.25) is 0 Å². The number of nitrogens with one attached hydrogen (secondary N) is 2. The standard InChI is InChI=1S/C13H15Cl2N5O2S/c1-3-22-12(21)11(7(2)17-20-13(16)23)19-18-10-5-8(14)4-9(15)6-10/h4-6,18H,3H2,1-2H3,(H3,16,20,23)/b17-7+,19-11-. The zero-order valence-corrected chi connectivity index (χ0v) is 14.7. The summed E-state index contributed by atoms with van der Waals surface area (Å²) in [4.78, 5) is 12.0. The van der Waals surface area contributed by atoms with Crippen LogP contribution in [-0.4, -0.2) is 29.1 Å². The van der Waals surface area contributed by atoms with Crippen molar-refractivity contribution in [2.24, 2.45) is 15.9 Å². The molecular weight excluding hydrogens is 361 g/mol. The molecule has 0 heterocycles. The Labute approximate surface area is 148 Å². The van der Waals surface area contributed by atoms with Gasteiger partial charge in [-0.25, -0.2) is 4.79 Å². The first-order valence-corrected chi connectivity index (χ1v) is 7.57. The van der Waals surface area contributed by atoms with E-state index in [9.17, 15) is 4.79 Å². The molecule has 0 aromatic heterocycles. The molecule has 7 nitrogen and oxygen atoms in total. The van der Waals surface area contributed by atoms with Gasteiger partial charge in [0.15, 0.2) is 10.8 Å². The number of hydrogen-bond donors (Lipinski definition) is 3. The predicted octanol–water partition coefficient (Wildman–Crippen LogP) is 2.53. The minimum absolute atomic E-state index is 0.0397. The van der Waals surface area contributed by atoms with E-state index in [-0.39, 0.29) is 23.1 Å². The SMILES string of the molecule is CCOC(=O)C(=N\Nc1cc(Cl)cc(Cl)c1)/C(C)=N/NC(N)=S. The highest BCUT2D eigenvalue weighted by Gasteiger charge is 2.17. The Morgan fingerprint density at radius 1 is 1.30 bits per heavy atom. The van der Waals surface area contributed by atoms with Crippen LogP contribution >= 0.6 is 35.4 Å². The Kier molecular flexibility index (Phi) is 7.73. The van der Waals surface area contributed by atoms with Gasteiger partial charge in [0, 0.05) is 10.0 Å². The highest BCUT2D eigenvalue weighted by atomic mass is 35.5. The maximum absolute atomic E-state index is 12.0. The second-order valence-corrected chi connectivity index (χ2v) is 5.44. The zero-order chi connectivity index (χ0) is 17.4. The molecule has 0 radical (unpaired) electrons. The van der Waals surface area contributed by atoms with Gasteiger partial charge in [-0.2, -0.15) is 10.2 Å². The average Bonchev–Trinajstić information content (AvgIpc) is 2.44. The van der Waals surface area contributed by atoms with Crippen LogP contribution in [0.2, 0.25) is 10.0 Å². The molecule has 0 aliphatic heterocycles. The molecule has 0 amide bonds. The summed E-state index contributed by atoms with van der Waals surface area (Å²) in [6.07, 6.45) is 0. The normalized spacial score (nSPS) is 11.8. The average molecular weight is 376 g/mol. The number of esters is 1. The van der Waals surface area contributed by atoms with Crippen LogP contribution < -0.4 is 16.6 Å². The number of nitrogens with two attached hydrogens (primary N) is 1. The molecule has 124 valence electrons. The molecule has 10 heteroatoms. The topological polar surface area (TPSA) is 101 Å². The van der Waals surface area contributed by atoms with Crippen LogP contribution in [0, 0.1) is 0 Å². The number of halogens is 2. The lowest BCUT2D eigenvalue weighted by molar-refractivity contribution is -0.134. The van der Waals surface area contributed by atoms with E-state index in [2.05, 4.69) is 33.3 Å². The summed E-state index contributed by atoms with van der Waals surface area (Å²) in [5.74, 6) is -0.654. The first-order valence-electron chi connectivity index (χ1n) is 6.40. The van der Waals surface area contributed by atoms with Crippen molar-refractivity contribution in [2.75, 3.05) is 12.0 Å². The van der Waals surface area contributed by atoms with Gasteiger partial charge in [-0.05, 0) is 44.3 Å². The van der Waals surface area contributed by atoms with Crippen molar-refractivity contribution in [1.82, 2.24) is 5.43 Å². The Bertz CT molecular complexity index is 644. The number of rotatable bonds is 6. The summed E-state index contributed by atoms with van der Waals surface area (Å²) in [5.41, 5.74) is 11.0. The first kappa shape index (κ1) is 19.1. The Morgan fingerprint density at radius 2 is 1.91 bits per heavy atom. The number of carbonyl (C=O) groups excluding carboxylic acids is 1. The number of hydrogen-bond acceptors (Lipinski definition) is 6. The minimum atomic E-state index is -0.654. The number of anilines is 1. The molecule has 0 unspecified atom stereocenters. The van der Waals surface area contributed by atoms with Crippen molar-refractivity contribution in [2.45, 2.75) is 13.8 Å². The predicted molar refractivity (Wildman–Crippen MR) is 97.2 cm³/mol. The van der Waals surface area contributed by atoms with Crippen LogP contribution in [0.1, 0.15) is 13.8 Å². The molecule has 0 spiro atoms. The van der Waals surface area contributed by atoms with Crippen LogP contribution in [0.5, 0.6) is 0 Å². The number of hydrazone groups is 2. The zero-order valence-electron chi connectivity index (χ0n) is 12.4. The van der Waals surface area contributed by atoms with Crippen molar-refractivity contribution < 1.29 is 9.53 Å². The summed E-state index contributed by atoms with van der Waals surface area (Å²) in [6, 6.07) is 4.77. The number of ether oxygens (including phenoxy) is 1. The smallest absolute Gasteiger partial charge is 0.360 e. The first-order chi connectivity index (χ1) is 10.8. The van der Waals surface area contributed by atoms with Crippen LogP contribution in [-0.2, 0) is 9.53 Å². The van der Waals surface area contributed by atoms with Gasteiger partial charge < -0.3 is 10.5 Å². The van der Waals surface area contributed by atoms with Crippen molar-refractivity contribution >= 4 is 63.6 Å². The molecule has 0 saturated heterocycles. The van der Waals surface area contributed by atoms with Crippen molar-refractivity contribution in [3.63, 3.8) is 0 Å². The minimum Gasteiger partial charge on any atom is -0.461 e. The van der Waals surface area contributed by atoms with Gasteiger partial charge >= 0.3 is 5.97 Å². The lowest BCUT2D eigenvalue weighted by atomic mass is 10.2. The van der Waals surface area contributed by atoms with Crippen LogP contribution in [0.15, 0.2) is 28.4 Å². The maximum atomic E-state index is 12.0. The van der Waals surface area contributed by atoms with E-state index in [1.165, 1.54) is 0 Å². The third-order valence-electron chi connectivity index (χ3n) is 2.30. The Morgan fingerprint density at radius 3 is 2.43 bits per heavy atom. The number of carbonyl (C=O) groups is 1. The summed E-state index contributed by atoms with van der Waals surface area (Å²) in [7, 11) is 0. The molecule has 1 rings (SSSR count). The third-order valence-corrected chi connectivity index (χ3v) is 2.83. The van der Waals surface area contributed by atoms with Crippen LogP contribution in [0.4, 0.5) is 5.69 Å². The molecular formula is C13H15Cl2N5O2S. The molecule has 1 aromatic carbocycles. The van der Waals surface area contributed by atoms with Gasteiger partial charge in [-0.3, -0.25) is 10.9 Å². The summed E-state index contributed by atoms with van der Waals surface area (Å²) in [6.45, 7) is 3.42. The highest BCUT2D eigenvalue weighted by Crippen LogP contribution is 2.22. The van der Waals surface area contributed by atoms with E-state index in [1.54, 1.807) is 32.0 Å². The molecule has 0 bridgehead atoms. The Balaban J connectivity index is 3.05. The fourth-order valence-electron chi connectivity index (χ4n) is 1.40. The maximum Gasteiger partial charge on any atom is 0.360 e. The van der Waals surface area contributed by atoms with Gasteiger partial charge in [-0.1, -0.05) is 23.2 Å². The molecule has 4 N–H and O–H groups in total. The van der Waals surface area contributed by atoms with E-state index in [0.717, 1.165) is 0 Å². The number of thiocarbonyl (C=S) groups is 1. The molecule has 23 heavy (non-hydrogen) atoms. The summed E-state index contributed by atoms with van der Waals surface area (Å²) < 4.78 is 4.93. The quantitative estimate of drug-likeness (QED) is 0.305. The van der Waals surface area contributed by atoms with Crippen LogP contribution in [0.3, 0.4) is 0 Å². The molecule has 0 fully saturated rings. The van der Waals surface area contributed by atoms with E-state index in [1.807, 2.05) is 0 Å². The molecule has 0 atom stereocenters. The van der Waals surface area contributed by atoms with Gasteiger partial charge in [0.1, 0.15) is 0 Å². The van der Waals surface area contributed by atoms with Crippen molar-refractivity contribution in [1.29, 1.82) is 0 Å². The fourth-order valence-corrected chi connectivity index (χ4v) is 1.98. The second kappa shape index (κ2) is 9.29. The van der Waals surface area contributed by atoms with E-state index in [0.29, 0.717) is 15.7 Å². The summed E-state index contributed by atoms with van der Waals surface area (Å²) >= 11 is 16.4. The Hall–Kier alpha value is -1.90. The lowest BCUT2D eigenvalue weighted by Crippen LogP contribution is -2.30. The van der Waals surface area contributed by atoms with Crippen LogP contribution in [0.25, 0.3) is 0 Å². The van der Waals surface area contributed by atoms with Gasteiger partial charge in [-0.15, -0.1) is 0 Å². The molecule has 0 aliphatic rings. The van der Waals surface area contributed by atoms with Gasteiger partial charge in [0.25, 0.3) is 0 Å². The second-order valence-electron chi connectivity index (χ2n) is 4.12. The van der Waals surface area contributed by atoms with Crippen molar-refractivity contribution in [3.05, 3.63) is 28.2 Å². The lowest BCUT2D eigenvalue weighted by Gasteiger charge is -2.08. The fraction of sp³-hybridized carbons (Fsp3) is 0.231. The third kappa shape index (κ3) is 6.81. The van der Waals surface area contributed by atoms with E-state index >= 15 is 0 Å². The monoisotopic (exact) mass is 375 g/mol. The van der Waals surface area contributed by atoms with E-state index in [4.69, 9.17) is 33.7 Å². The number of benzene rings is 1. The molecule has 1 aromatic rings. The molecule has 0 aliphatic carbocycles. The number of nitrogens with zero attached hydrogens (tertiary/aromatic N) is 2. The largest absolute Gasteiger partial charge is 0.461 e. The van der Waals surface area contributed by atoms with Gasteiger partial charge in [0.05, 0.1) is 18.0 Å². The highest BCUT2D eigenvalue weighted by molar-refractivity contribution is 7.80. The van der Waals surface area contributed by atoms with E-state index < -0.39 is 5.97 Å². The van der Waals surface area contributed by atoms with Crippen molar-refractivity contribution in [3.8, 4) is 0 Å². The molecule has 0 saturated carbocycles.